The molecule has 1 saturated carbocycles. The van der Waals surface area contributed by atoms with E-state index in [0.29, 0.717) is 0 Å². The molecule has 0 bridgehead atoms. The summed E-state index contributed by atoms with van der Waals surface area (Å²) in [5, 5.41) is 3.59. The van der Waals surface area contributed by atoms with Crippen molar-refractivity contribution in [3.63, 3.8) is 0 Å². The van der Waals surface area contributed by atoms with Gasteiger partial charge < -0.3 is 10.1 Å². The maximum absolute atomic E-state index is 5.16. The van der Waals surface area contributed by atoms with Crippen molar-refractivity contribution in [2.24, 2.45) is 5.92 Å². The van der Waals surface area contributed by atoms with E-state index in [9.17, 15) is 0 Å². The fourth-order valence-electron chi connectivity index (χ4n) is 1.96. The van der Waals surface area contributed by atoms with Crippen LogP contribution in [0.4, 0.5) is 0 Å². The van der Waals surface area contributed by atoms with Gasteiger partial charge in [-0.3, -0.25) is 0 Å². The molecule has 1 fully saturated rings. The first-order valence-corrected chi connectivity index (χ1v) is 6.64. The third-order valence-electron chi connectivity index (χ3n) is 3.42. The van der Waals surface area contributed by atoms with Crippen molar-refractivity contribution in [2.75, 3.05) is 13.7 Å². The number of aryl methyl sites for hydroxylation is 1. The molecule has 0 amide bonds. The number of ether oxygens (including phenoxy) is 1. The summed E-state index contributed by atoms with van der Waals surface area (Å²) >= 11 is 0. The van der Waals surface area contributed by atoms with E-state index in [2.05, 4.69) is 24.4 Å². The summed E-state index contributed by atoms with van der Waals surface area (Å²) in [4.78, 5) is 0. The van der Waals surface area contributed by atoms with E-state index in [1.54, 1.807) is 7.11 Å². The molecule has 2 heteroatoms. The summed E-state index contributed by atoms with van der Waals surface area (Å²) in [5.41, 5.74) is 1.41. The lowest BCUT2D eigenvalue weighted by Crippen LogP contribution is -2.23. The van der Waals surface area contributed by atoms with Gasteiger partial charge in [-0.05, 0) is 55.8 Å². The summed E-state index contributed by atoms with van der Waals surface area (Å²) in [6, 6.07) is 9.25. The Balaban J connectivity index is 1.68. The van der Waals surface area contributed by atoms with Gasteiger partial charge in [-0.2, -0.15) is 0 Å². The maximum Gasteiger partial charge on any atom is 0.118 e. The van der Waals surface area contributed by atoms with Crippen molar-refractivity contribution in [1.29, 1.82) is 0 Å². The lowest BCUT2D eigenvalue weighted by molar-refractivity contribution is 0.414. The summed E-state index contributed by atoms with van der Waals surface area (Å²) < 4.78 is 5.16. The molecule has 0 radical (unpaired) electrons. The van der Waals surface area contributed by atoms with E-state index in [-0.39, 0.29) is 0 Å². The first kappa shape index (κ1) is 12.4. The molecule has 1 aliphatic carbocycles. The molecule has 17 heavy (non-hydrogen) atoms. The smallest absolute Gasteiger partial charge is 0.118 e. The van der Waals surface area contributed by atoms with Crippen LogP contribution in [-0.2, 0) is 6.42 Å². The largest absolute Gasteiger partial charge is 0.497 e. The number of rotatable bonds is 7. The first-order chi connectivity index (χ1) is 8.28. The number of methoxy groups -OCH3 is 1. The summed E-state index contributed by atoms with van der Waals surface area (Å²) in [5.74, 6) is 1.70. The second kappa shape index (κ2) is 6.06. The van der Waals surface area contributed by atoms with Gasteiger partial charge in [0.25, 0.3) is 0 Å². The molecule has 2 nitrogen and oxygen atoms in total. The molecule has 1 unspecified atom stereocenters. The van der Waals surface area contributed by atoms with Crippen molar-refractivity contribution >= 4 is 0 Å². The normalized spacial score (nSPS) is 16.8. The van der Waals surface area contributed by atoms with Gasteiger partial charge in [0.2, 0.25) is 0 Å². The van der Waals surface area contributed by atoms with Crippen LogP contribution in [0.25, 0.3) is 0 Å². The van der Waals surface area contributed by atoms with Gasteiger partial charge in [0.15, 0.2) is 0 Å². The Morgan fingerprint density at radius 3 is 2.59 bits per heavy atom. The predicted molar refractivity (Wildman–Crippen MR) is 71.5 cm³/mol. The van der Waals surface area contributed by atoms with Gasteiger partial charge >= 0.3 is 0 Å². The summed E-state index contributed by atoms with van der Waals surface area (Å²) in [6.07, 6.45) is 5.18. The number of hydrogen-bond donors (Lipinski definition) is 1. The number of nitrogens with one attached hydrogen (secondary N) is 1. The third kappa shape index (κ3) is 4.39. The monoisotopic (exact) mass is 233 g/mol. The van der Waals surface area contributed by atoms with Crippen LogP contribution >= 0.6 is 0 Å². The fraction of sp³-hybridized carbons (Fsp3) is 0.600. The van der Waals surface area contributed by atoms with Crippen LogP contribution in [0.1, 0.15) is 31.7 Å². The quantitative estimate of drug-likeness (QED) is 0.781. The SMILES string of the molecule is COc1ccc(CCC(C)CNC2CC2)cc1. The highest BCUT2D eigenvalue weighted by Gasteiger charge is 2.20. The molecule has 94 valence electrons. The van der Waals surface area contributed by atoms with E-state index >= 15 is 0 Å². The molecule has 0 aliphatic heterocycles. The standard InChI is InChI=1S/C15H23NO/c1-12(11-16-14-7-8-14)3-4-13-5-9-15(17-2)10-6-13/h5-6,9-10,12,14,16H,3-4,7-8,11H2,1-2H3. The Labute approximate surface area is 104 Å². The predicted octanol–water partition coefficient (Wildman–Crippen LogP) is 3.02. The second-order valence-corrected chi connectivity index (χ2v) is 5.17. The Morgan fingerprint density at radius 1 is 1.29 bits per heavy atom. The van der Waals surface area contributed by atoms with Gasteiger partial charge in [-0.25, -0.2) is 0 Å². The summed E-state index contributed by atoms with van der Waals surface area (Å²) in [6.45, 7) is 3.50. The first-order valence-electron chi connectivity index (χ1n) is 6.64. The lowest BCUT2D eigenvalue weighted by Gasteiger charge is -2.12. The number of hydrogen-bond acceptors (Lipinski definition) is 2. The molecule has 1 aromatic rings. The molecular weight excluding hydrogens is 210 g/mol. The van der Waals surface area contributed by atoms with E-state index < -0.39 is 0 Å². The molecule has 1 aliphatic rings. The van der Waals surface area contributed by atoms with E-state index in [1.165, 1.54) is 31.4 Å². The highest BCUT2D eigenvalue weighted by atomic mass is 16.5. The molecule has 1 atom stereocenters. The Hall–Kier alpha value is -1.02. The number of benzene rings is 1. The average molecular weight is 233 g/mol. The van der Waals surface area contributed by atoms with E-state index in [0.717, 1.165) is 24.1 Å². The topological polar surface area (TPSA) is 21.3 Å². The van der Waals surface area contributed by atoms with Gasteiger partial charge in [0.05, 0.1) is 7.11 Å². The lowest BCUT2D eigenvalue weighted by atomic mass is 10.0. The van der Waals surface area contributed by atoms with Gasteiger partial charge in [-0.15, -0.1) is 0 Å². The van der Waals surface area contributed by atoms with Crippen molar-refractivity contribution < 1.29 is 4.74 Å². The van der Waals surface area contributed by atoms with Crippen LogP contribution in [0.3, 0.4) is 0 Å². The molecular formula is C15H23NO. The molecule has 0 heterocycles. The van der Waals surface area contributed by atoms with Crippen LogP contribution in [0.5, 0.6) is 5.75 Å². The molecule has 0 aromatic heterocycles. The van der Waals surface area contributed by atoms with Crippen LogP contribution in [0.15, 0.2) is 24.3 Å². The van der Waals surface area contributed by atoms with Crippen LogP contribution in [-0.4, -0.2) is 19.7 Å². The van der Waals surface area contributed by atoms with Crippen molar-refractivity contribution in [3.8, 4) is 5.75 Å². The van der Waals surface area contributed by atoms with Crippen LogP contribution in [0, 0.1) is 5.92 Å². The minimum absolute atomic E-state index is 0.762. The zero-order chi connectivity index (χ0) is 12.1. The Bertz CT molecular complexity index is 329. The van der Waals surface area contributed by atoms with Gasteiger partial charge in [-0.1, -0.05) is 19.1 Å². The third-order valence-corrected chi connectivity index (χ3v) is 3.42. The molecule has 1 N–H and O–H groups in total. The molecule has 0 saturated heterocycles. The highest BCUT2D eigenvalue weighted by Crippen LogP contribution is 2.19. The van der Waals surface area contributed by atoms with Crippen LogP contribution in [0.2, 0.25) is 0 Å². The Kier molecular flexibility index (Phi) is 4.43. The fourth-order valence-corrected chi connectivity index (χ4v) is 1.96. The van der Waals surface area contributed by atoms with Crippen molar-refractivity contribution in [1.82, 2.24) is 5.32 Å². The zero-order valence-electron chi connectivity index (χ0n) is 10.9. The minimum atomic E-state index is 0.762. The Morgan fingerprint density at radius 2 is 2.00 bits per heavy atom. The van der Waals surface area contributed by atoms with Crippen molar-refractivity contribution in [3.05, 3.63) is 29.8 Å². The second-order valence-electron chi connectivity index (χ2n) is 5.17. The highest BCUT2D eigenvalue weighted by molar-refractivity contribution is 5.27. The van der Waals surface area contributed by atoms with Crippen LogP contribution < -0.4 is 10.1 Å². The maximum atomic E-state index is 5.16. The van der Waals surface area contributed by atoms with E-state index in [1.807, 2.05) is 12.1 Å². The minimum Gasteiger partial charge on any atom is -0.497 e. The molecule has 1 aromatic carbocycles. The van der Waals surface area contributed by atoms with Gasteiger partial charge in [0.1, 0.15) is 5.75 Å². The molecule has 2 rings (SSSR count). The molecule has 0 spiro atoms. The zero-order valence-corrected chi connectivity index (χ0v) is 10.9. The average Bonchev–Trinajstić information content (AvgIpc) is 3.18. The van der Waals surface area contributed by atoms with Crippen molar-refractivity contribution in [2.45, 2.75) is 38.6 Å². The summed E-state index contributed by atoms with van der Waals surface area (Å²) in [7, 11) is 1.71. The van der Waals surface area contributed by atoms with E-state index in [4.69, 9.17) is 4.74 Å². The van der Waals surface area contributed by atoms with Gasteiger partial charge in [0, 0.05) is 6.04 Å².